The quantitative estimate of drug-likeness (QED) is 0.365. The maximum absolute atomic E-state index is 12.6. The molecule has 0 bridgehead atoms. The van der Waals surface area contributed by atoms with Crippen LogP contribution in [0.15, 0.2) is 52.2 Å². The van der Waals surface area contributed by atoms with Gasteiger partial charge in [0.25, 0.3) is 5.56 Å². The Morgan fingerprint density at radius 1 is 1.10 bits per heavy atom. The van der Waals surface area contributed by atoms with E-state index in [9.17, 15) is 23.1 Å². The van der Waals surface area contributed by atoms with E-state index in [4.69, 9.17) is 4.74 Å². The number of hydrogen-bond donors (Lipinski definition) is 3. The van der Waals surface area contributed by atoms with E-state index in [1.165, 1.54) is 16.8 Å². The Bertz CT molecular complexity index is 1630. The zero-order chi connectivity index (χ0) is 28.5. The smallest absolute Gasteiger partial charge is 0.332 e. The minimum absolute atomic E-state index is 0.321. The summed E-state index contributed by atoms with van der Waals surface area (Å²) in [6.45, 7) is 7.77. The van der Waals surface area contributed by atoms with Gasteiger partial charge in [-0.15, -0.1) is 0 Å². The minimum atomic E-state index is -3.44. The summed E-state index contributed by atoms with van der Waals surface area (Å²) < 4.78 is 33.3. The molecule has 0 radical (unpaired) electrons. The van der Waals surface area contributed by atoms with Crippen LogP contribution in [0.1, 0.15) is 43.0 Å². The highest BCUT2D eigenvalue weighted by atomic mass is 32.2. The highest BCUT2D eigenvalue weighted by Crippen LogP contribution is 2.37. The molecule has 3 aromatic rings. The van der Waals surface area contributed by atoms with Crippen LogP contribution in [-0.2, 0) is 22.0 Å². The number of methoxy groups -OCH3 is 1. The molecule has 0 saturated carbocycles. The Labute approximate surface area is 227 Å². The van der Waals surface area contributed by atoms with Crippen molar-refractivity contribution >= 4 is 27.9 Å². The van der Waals surface area contributed by atoms with Crippen molar-refractivity contribution in [2.75, 3.05) is 31.2 Å². The number of aromatic amines is 1. The lowest BCUT2D eigenvalue weighted by Gasteiger charge is -2.36. The Morgan fingerprint density at radius 3 is 2.38 bits per heavy atom. The molecule has 11 heteroatoms. The van der Waals surface area contributed by atoms with Crippen LogP contribution < -0.4 is 20.7 Å². The number of sulfonamides is 1. The molecule has 208 valence electrons. The lowest BCUT2D eigenvalue weighted by Crippen LogP contribution is -2.49. The predicted octanol–water partition coefficient (Wildman–Crippen LogP) is 2.55. The number of aliphatic hydroxyl groups is 1. The van der Waals surface area contributed by atoms with Crippen LogP contribution in [0.4, 0.5) is 5.69 Å². The van der Waals surface area contributed by atoms with E-state index in [1.807, 2.05) is 51.1 Å². The Morgan fingerprint density at radius 2 is 1.79 bits per heavy atom. The van der Waals surface area contributed by atoms with Gasteiger partial charge >= 0.3 is 5.69 Å². The van der Waals surface area contributed by atoms with Gasteiger partial charge in [-0.3, -0.25) is 24.0 Å². The van der Waals surface area contributed by atoms with E-state index >= 15 is 0 Å². The lowest BCUT2D eigenvalue weighted by molar-refractivity contribution is -0.00288. The van der Waals surface area contributed by atoms with Gasteiger partial charge in [0, 0.05) is 48.7 Å². The fourth-order valence-electron chi connectivity index (χ4n) is 4.58. The molecule has 1 saturated heterocycles. The SMILES string of the molecule is COc1c(C=Cc2ccc(NS(C)(=O)=O)cc2CN2CC(O)C2)cc(-n2ccc(=O)[nH]c2=O)cc1C(C)(C)C. The van der Waals surface area contributed by atoms with Crippen molar-refractivity contribution in [1.82, 2.24) is 14.5 Å². The molecule has 0 unspecified atom stereocenters. The molecule has 2 heterocycles. The van der Waals surface area contributed by atoms with Gasteiger partial charge < -0.3 is 9.84 Å². The predicted molar refractivity (Wildman–Crippen MR) is 153 cm³/mol. The molecule has 2 aromatic carbocycles. The van der Waals surface area contributed by atoms with Crippen LogP contribution in [0.5, 0.6) is 5.75 Å². The monoisotopic (exact) mass is 554 g/mol. The van der Waals surface area contributed by atoms with E-state index < -0.39 is 21.3 Å². The first-order chi connectivity index (χ1) is 18.2. The van der Waals surface area contributed by atoms with Crippen molar-refractivity contribution in [3.63, 3.8) is 0 Å². The van der Waals surface area contributed by atoms with Crippen LogP contribution in [0.3, 0.4) is 0 Å². The number of ether oxygens (including phenoxy) is 1. The maximum Gasteiger partial charge on any atom is 0.332 e. The Kier molecular flexibility index (Phi) is 7.87. The normalized spacial score (nSPS) is 14.9. The van der Waals surface area contributed by atoms with Gasteiger partial charge in [0.15, 0.2) is 0 Å². The van der Waals surface area contributed by atoms with Crippen LogP contribution in [0, 0.1) is 0 Å². The number of anilines is 1. The minimum Gasteiger partial charge on any atom is -0.496 e. The zero-order valence-electron chi connectivity index (χ0n) is 22.7. The van der Waals surface area contributed by atoms with Gasteiger partial charge in [-0.05, 0) is 40.8 Å². The second kappa shape index (κ2) is 10.8. The number of aromatic nitrogens is 2. The maximum atomic E-state index is 12.6. The average Bonchev–Trinajstić information content (AvgIpc) is 2.80. The van der Waals surface area contributed by atoms with E-state index in [1.54, 1.807) is 19.2 Å². The third-order valence-corrected chi connectivity index (χ3v) is 7.04. The summed E-state index contributed by atoms with van der Waals surface area (Å²) in [5, 5.41) is 9.72. The summed E-state index contributed by atoms with van der Waals surface area (Å²) in [5.41, 5.74) is 3.04. The van der Waals surface area contributed by atoms with Crippen LogP contribution in [-0.4, -0.2) is 60.5 Å². The first-order valence-electron chi connectivity index (χ1n) is 12.5. The molecule has 0 spiro atoms. The number of benzene rings is 2. The van der Waals surface area contributed by atoms with Crippen molar-refractivity contribution in [3.8, 4) is 11.4 Å². The summed E-state index contributed by atoms with van der Waals surface area (Å²) in [7, 11) is -1.85. The zero-order valence-corrected chi connectivity index (χ0v) is 23.5. The number of nitrogens with zero attached hydrogens (tertiary/aromatic N) is 2. The van der Waals surface area contributed by atoms with Crippen LogP contribution in [0.25, 0.3) is 17.8 Å². The van der Waals surface area contributed by atoms with Gasteiger partial charge in [0.1, 0.15) is 5.75 Å². The molecule has 0 aliphatic carbocycles. The largest absolute Gasteiger partial charge is 0.496 e. The fourth-order valence-corrected chi connectivity index (χ4v) is 5.13. The standard InChI is InChI=1S/C28H34N4O6S/c1-28(2,3)24-14-22(32-11-10-25(34)29-27(32)35)13-19(26(24)38-4)7-6-18-8-9-21(30-39(5,36)37)12-20(18)15-31-16-23(33)17-31/h6-14,23,30,33H,15-17H2,1-5H3,(H,29,34,35). The second-order valence-electron chi connectivity index (χ2n) is 10.8. The third-order valence-electron chi connectivity index (χ3n) is 6.44. The number of rotatable bonds is 8. The van der Waals surface area contributed by atoms with E-state index in [0.29, 0.717) is 36.8 Å². The summed E-state index contributed by atoms with van der Waals surface area (Å²) >= 11 is 0. The molecule has 1 aromatic heterocycles. The first-order valence-corrected chi connectivity index (χ1v) is 14.4. The molecule has 0 amide bonds. The number of nitrogens with one attached hydrogen (secondary N) is 2. The molecule has 1 aliphatic heterocycles. The molecular weight excluding hydrogens is 520 g/mol. The summed E-state index contributed by atoms with van der Waals surface area (Å²) in [4.78, 5) is 28.6. The molecule has 4 rings (SSSR count). The highest BCUT2D eigenvalue weighted by Gasteiger charge is 2.25. The topological polar surface area (TPSA) is 134 Å². The van der Waals surface area contributed by atoms with Gasteiger partial charge in [-0.25, -0.2) is 13.2 Å². The molecule has 1 fully saturated rings. The summed E-state index contributed by atoms with van der Waals surface area (Å²) in [6.07, 6.45) is 5.99. The number of β-amino-alcohol motifs (C(OH)–C–C–N with tert-alkyl or cyclic N) is 1. The van der Waals surface area contributed by atoms with Crippen LogP contribution in [0.2, 0.25) is 0 Å². The van der Waals surface area contributed by atoms with E-state index in [0.717, 1.165) is 28.5 Å². The molecule has 3 N–H and O–H groups in total. The summed E-state index contributed by atoms with van der Waals surface area (Å²) in [5.74, 6) is 0.655. The lowest BCUT2D eigenvalue weighted by atomic mass is 9.84. The van der Waals surface area contributed by atoms with Gasteiger partial charge in [-0.2, -0.15) is 0 Å². The first kappa shape index (κ1) is 28.3. The Balaban J connectivity index is 1.82. The van der Waals surface area contributed by atoms with Gasteiger partial charge in [0.05, 0.1) is 25.2 Å². The van der Waals surface area contributed by atoms with Crippen molar-refractivity contribution in [2.24, 2.45) is 0 Å². The average molecular weight is 555 g/mol. The van der Waals surface area contributed by atoms with E-state index in [2.05, 4.69) is 14.6 Å². The van der Waals surface area contributed by atoms with Crippen LogP contribution >= 0.6 is 0 Å². The van der Waals surface area contributed by atoms with Crippen molar-refractivity contribution in [3.05, 3.63) is 85.7 Å². The molecule has 0 atom stereocenters. The number of H-pyrrole nitrogens is 1. The second-order valence-corrected chi connectivity index (χ2v) is 12.6. The molecular formula is C28H34N4O6S. The third kappa shape index (κ3) is 6.86. The van der Waals surface area contributed by atoms with Gasteiger partial charge in [-0.1, -0.05) is 39.0 Å². The fraction of sp³-hybridized carbons (Fsp3) is 0.357. The van der Waals surface area contributed by atoms with Crippen molar-refractivity contribution < 1.29 is 18.3 Å². The van der Waals surface area contributed by atoms with E-state index in [-0.39, 0.29) is 11.5 Å². The molecule has 1 aliphatic rings. The van der Waals surface area contributed by atoms with Gasteiger partial charge in [0.2, 0.25) is 10.0 Å². The number of hydrogen-bond acceptors (Lipinski definition) is 7. The number of likely N-dealkylation sites (tertiary alicyclic amines) is 1. The molecule has 39 heavy (non-hydrogen) atoms. The van der Waals surface area contributed by atoms with Crippen molar-refractivity contribution in [2.45, 2.75) is 38.8 Å². The highest BCUT2D eigenvalue weighted by molar-refractivity contribution is 7.92. The number of aliphatic hydroxyl groups excluding tert-OH is 1. The Hall–Kier alpha value is -3.67. The molecule has 10 nitrogen and oxygen atoms in total. The summed E-state index contributed by atoms with van der Waals surface area (Å²) in [6, 6.07) is 10.3. The van der Waals surface area contributed by atoms with Crippen molar-refractivity contribution in [1.29, 1.82) is 0 Å².